The van der Waals surface area contributed by atoms with Gasteiger partial charge in [0.25, 0.3) is 5.91 Å². The molecule has 0 fully saturated rings. The van der Waals surface area contributed by atoms with Gasteiger partial charge >= 0.3 is 5.97 Å². The van der Waals surface area contributed by atoms with Gasteiger partial charge in [-0.1, -0.05) is 12.6 Å². The number of anilines is 1. The number of carboxylic acids is 1. The lowest BCUT2D eigenvalue weighted by Gasteiger charge is -2.17. The first-order valence-electron chi connectivity index (χ1n) is 7.64. The van der Waals surface area contributed by atoms with E-state index >= 15 is 0 Å². The molecule has 0 unspecified atom stereocenters. The normalized spacial score (nSPS) is 14.8. The fourth-order valence-electron chi connectivity index (χ4n) is 2.65. The third-order valence-electron chi connectivity index (χ3n) is 4.10. The minimum absolute atomic E-state index is 0.0452. The molecule has 1 aliphatic rings. The molecule has 0 bridgehead atoms. The Morgan fingerprint density at radius 3 is 2.65 bits per heavy atom. The van der Waals surface area contributed by atoms with E-state index in [1.165, 1.54) is 0 Å². The molecule has 0 aliphatic carbocycles. The minimum atomic E-state index is -0.990. The fraction of sp³-hybridized carbons (Fsp3) is 0.412. The SMILES string of the molecule is C=C1c2ccc(N(C)C)cc2C(=O)N1CCCC[C@H](N)C(=O)O. The minimum Gasteiger partial charge on any atom is -0.480 e. The van der Waals surface area contributed by atoms with Crippen LogP contribution in [0.15, 0.2) is 24.8 Å². The molecule has 1 aromatic rings. The Labute approximate surface area is 136 Å². The molecule has 0 saturated heterocycles. The standard InChI is InChI=1S/C17H23N3O3/c1-11-13-8-7-12(19(2)3)10-14(13)16(21)20(11)9-5-4-6-15(18)17(22)23/h7-8,10,15H,1,4-6,9,18H2,2-3H3,(H,22,23)/t15-/m0/s1. The molecule has 124 valence electrons. The molecule has 6 heteroatoms. The summed E-state index contributed by atoms with van der Waals surface area (Å²) in [4.78, 5) is 26.8. The number of rotatable bonds is 7. The molecule has 0 spiro atoms. The van der Waals surface area contributed by atoms with Crippen LogP contribution in [-0.2, 0) is 4.79 Å². The molecule has 0 saturated carbocycles. The second kappa shape index (κ2) is 6.83. The second-order valence-electron chi connectivity index (χ2n) is 5.97. The molecule has 2 rings (SSSR count). The highest BCUT2D eigenvalue weighted by atomic mass is 16.4. The Bertz CT molecular complexity index is 640. The summed E-state index contributed by atoms with van der Waals surface area (Å²) in [6.07, 6.45) is 1.76. The van der Waals surface area contributed by atoms with Crippen LogP contribution in [0.1, 0.15) is 35.2 Å². The quantitative estimate of drug-likeness (QED) is 0.748. The maximum Gasteiger partial charge on any atom is 0.320 e. The topological polar surface area (TPSA) is 86.9 Å². The molecule has 1 amide bonds. The molecule has 6 nitrogen and oxygen atoms in total. The van der Waals surface area contributed by atoms with E-state index in [1.807, 2.05) is 37.2 Å². The lowest BCUT2D eigenvalue weighted by molar-refractivity contribution is -0.138. The van der Waals surface area contributed by atoms with Crippen LogP contribution < -0.4 is 10.6 Å². The molecule has 3 N–H and O–H groups in total. The van der Waals surface area contributed by atoms with Crippen LogP contribution in [0.2, 0.25) is 0 Å². The van der Waals surface area contributed by atoms with Crippen molar-refractivity contribution in [3.8, 4) is 0 Å². The van der Waals surface area contributed by atoms with Gasteiger partial charge in [-0.05, 0) is 31.4 Å². The van der Waals surface area contributed by atoms with E-state index < -0.39 is 12.0 Å². The average molecular weight is 317 g/mol. The van der Waals surface area contributed by atoms with Gasteiger partial charge in [0.2, 0.25) is 0 Å². The van der Waals surface area contributed by atoms with Crippen molar-refractivity contribution in [1.82, 2.24) is 4.90 Å². The van der Waals surface area contributed by atoms with E-state index in [-0.39, 0.29) is 5.91 Å². The molecule has 23 heavy (non-hydrogen) atoms. The van der Waals surface area contributed by atoms with Gasteiger partial charge in [-0.25, -0.2) is 0 Å². The van der Waals surface area contributed by atoms with Crippen molar-refractivity contribution in [2.24, 2.45) is 5.73 Å². The first kappa shape index (κ1) is 17.0. The van der Waals surface area contributed by atoms with Crippen molar-refractivity contribution in [3.05, 3.63) is 35.9 Å². The number of benzene rings is 1. The molecule has 0 radical (unpaired) electrons. The fourth-order valence-corrected chi connectivity index (χ4v) is 2.65. The number of hydrogen-bond donors (Lipinski definition) is 2. The van der Waals surface area contributed by atoms with Crippen LogP contribution in [0.3, 0.4) is 0 Å². The van der Waals surface area contributed by atoms with Crippen molar-refractivity contribution in [1.29, 1.82) is 0 Å². The van der Waals surface area contributed by atoms with Gasteiger partial charge in [0.15, 0.2) is 0 Å². The summed E-state index contributed by atoms with van der Waals surface area (Å²) in [6.45, 7) is 4.54. The predicted octanol–water partition coefficient (Wildman–Crippen LogP) is 1.76. The number of aliphatic carboxylic acids is 1. The maximum atomic E-state index is 12.5. The van der Waals surface area contributed by atoms with Gasteiger partial charge in [-0.3, -0.25) is 9.59 Å². The molecule has 1 aromatic carbocycles. The Hall–Kier alpha value is -2.34. The van der Waals surface area contributed by atoms with Crippen LogP contribution in [0, 0.1) is 0 Å². The summed E-state index contributed by atoms with van der Waals surface area (Å²) in [5, 5.41) is 8.76. The third-order valence-corrected chi connectivity index (χ3v) is 4.10. The van der Waals surface area contributed by atoms with E-state index in [4.69, 9.17) is 10.8 Å². The first-order valence-corrected chi connectivity index (χ1v) is 7.64. The van der Waals surface area contributed by atoms with Gasteiger partial charge in [0, 0.05) is 37.6 Å². The highest BCUT2D eigenvalue weighted by molar-refractivity contribution is 6.09. The van der Waals surface area contributed by atoms with Crippen LogP contribution in [0.4, 0.5) is 5.69 Å². The Morgan fingerprint density at radius 2 is 2.04 bits per heavy atom. The molecule has 1 aliphatic heterocycles. The number of hydrogen-bond acceptors (Lipinski definition) is 4. The van der Waals surface area contributed by atoms with E-state index in [2.05, 4.69) is 6.58 Å². The van der Waals surface area contributed by atoms with Crippen LogP contribution in [0.25, 0.3) is 5.70 Å². The number of unbranched alkanes of at least 4 members (excludes halogenated alkanes) is 1. The van der Waals surface area contributed by atoms with Gasteiger partial charge in [0.1, 0.15) is 6.04 Å². The van der Waals surface area contributed by atoms with Crippen molar-refractivity contribution >= 4 is 23.3 Å². The summed E-state index contributed by atoms with van der Waals surface area (Å²) in [7, 11) is 3.86. The number of carbonyl (C=O) groups excluding carboxylic acids is 1. The Balaban J connectivity index is 1.99. The van der Waals surface area contributed by atoms with E-state index in [0.29, 0.717) is 37.1 Å². The zero-order chi connectivity index (χ0) is 17.1. The zero-order valence-electron chi connectivity index (χ0n) is 13.6. The van der Waals surface area contributed by atoms with Crippen molar-refractivity contribution in [3.63, 3.8) is 0 Å². The van der Waals surface area contributed by atoms with Crippen molar-refractivity contribution < 1.29 is 14.7 Å². The maximum absolute atomic E-state index is 12.5. The zero-order valence-corrected chi connectivity index (χ0v) is 13.6. The van der Waals surface area contributed by atoms with E-state index in [1.54, 1.807) is 4.90 Å². The highest BCUT2D eigenvalue weighted by Crippen LogP contribution is 2.33. The number of nitrogens with two attached hydrogens (primary N) is 1. The molecular formula is C17H23N3O3. The monoisotopic (exact) mass is 317 g/mol. The number of carbonyl (C=O) groups is 2. The van der Waals surface area contributed by atoms with Gasteiger partial charge < -0.3 is 20.6 Å². The van der Waals surface area contributed by atoms with Crippen molar-refractivity contribution in [2.75, 3.05) is 25.5 Å². The van der Waals surface area contributed by atoms with Crippen LogP contribution in [0.5, 0.6) is 0 Å². The number of carboxylic acid groups (broad SMARTS) is 1. The van der Waals surface area contributed by atoms with Gasteiger partial charge in [0.05, 0.1) is 5.56 Å². The third kappa shape index (κ3) is 3.53. The van der Waals surface area contributed by atoms with Gasteiger partial charge in [-0.15, -0.1) is 0 Å². The molecule has 0 aromatic heterocycles. The summed E-state index contributed by atoms with van der Waals surface area (Å²) in [6, 6.07) is 4.92. The van der Waals surface area contributed by atoms with Crippen LogP contribution >= 0.6 is 0 Å². The average Bonchev–Trinajstić information content (AvgIpc) is 2.75. The summed E-state index contributed by atoms with van der Waals surface area (Å²) < 4.78 is 0. The summed E-state index contributed by atoms with van der Waals surface area (Å²) >= 11 is 0. The lowest BCUT2D eigenvalue weighted by atomic mass is 10.1. The molecule has 1 atom stereocenters. The molecule has 1 heterocycles. The van der Waals surface area contributed by atoms with E-state index in [9.17, 15) is 9.59 Å². The smallest absolute Gasteiger partial charge is 0.320 e. The first-order chi connectivity index (χ1) is 10.8. The van der Waals surface area contributed by atoms with Gasteiger partial charge in [-0.2, -0.15) is 0 Å². The number of amides is 1. The Kier molecular flexibility index (Phi) is 5.05. The van der Waals surface area contributed by atoms with Crippen molar-refractivity contribution in [2.45, 2.75) is 25.3 Å². The molecular weight excluding hydrogens is 294 g/mol. The Morgan fingerprint density at radius 1 is 1.35 bits per heavy atom. The summed E-state index contributed by atoms with van der Waals surface area (Å²) in [5.41, 5.74) is 8.69. The predicted molar refractivity (Wildman–Crippen MR) is 90.3 cm³/mol. The van der Waals surface area contributed by atoms with E-state index in [0.717, 1.165) is 11.3 Å². The number of fused-ring (bicyclic) bond motifs is 1. The van der Waals surface area contributed by atoms with Crippen LogP contribution in [-0.4, -0.2) is 48.6 Å². The number of nitrogens with zero attached hydrogens (tertiary/aromatic N) is 2. The highest BCUT2D eigenvalue weighted by Gasteiger charge is 2.30. The second-order valence-corrected chi connectivity index (χ2v) is 5.97. The lowest BCUT2D eigenvalue weighted by Crippen LogP contribution is -2.30. The largest absolute Gasteiger partial charge is 0.480 e. The summed E-state index contributed by atoms with van der Waals surface area (Å²) in [5.74, 6) is -1.04.